The highest BCUT2D eigenvalue weighted by molar-refractivity contribution is 14.0. The summed E-state index contributed by atoms with van der Waals surface area (Å²) in [6.45, 7) is 13.2. The van der Waals surface area contributed by atoms with Crippen molar-refractivity contribution in [3.05, 3.63) is 29.8 Å². The van der Waals surface area contributed by atoms with Crippen LogP contribution in [0.2, 0.25) is 0 Å². The normalized spacial score (nSPS) is 15.8. The molecular weight excluding hydrogens is 465 g/mol. The molecule has 0 saturated carbocycles. The molecule has 0 aliphatic carbocycles. The van der Waals surface area contributed by atoms with E-state index in [0.717, 1.165) is 36.8 Å². The largest absolute Gasteiger partial charge is 0.494 e. The Morgan fingerprint density at radius 2 is 1.82 bits per heavy atom. The van der Waals surface area contributed by atoms with Gasteiger partial charge in [0.25, 0.3) is 0 Å². The first-order chi connectivity index (χ1) is 13.2. The van der Waals surface area contributed by atoms with Gasteiger partial charge in [-0.1, -0.05) is 18.2 Å². The number of rotatable bonds is 10. The van der Waals surface area contributed by atoms with Crippen LogP contribution in [0.25, 0.3) is 0 Å². The fraction of sp³-hybridized carbons (Fsp3) is 0.667. The average Bonchev–Trinajstić information content (AvgIpc) is 2.68. The Hall–Kier alpha value is -1.06. The van der Waals surface area contributed by atoms with Gasteiger partial charge in [0.15, 0.2) is 5.96 Å². The summed E-state index contributed by atoms with van der Waals surface area (Å²) in [5.74, 6) is 1.80. The number of ether oxygens (including phenoxy) is 1. The molecule has 0 radical (unpaired) electrons. The molecule has 28 heavy (non-hydrogen) atoms. The van der Waals surface area contributed by atoms with Crippen LogP contribution in [0, 0.1) is 0 Å². The first-order valence-electron chi connectivity index (χ1n) is 10.4. The van der Waals surface area contributed by atoms with Crippen molar-refractivity contribution in [1.29, 1.82) is 0 Å². The van der Waals surface area contributed by atoms with Crippen LogP contribution in [0.3, 0.4) is 0 Å². The van der Waals surface area contributed by atoms with Crippen molar-refractivity contribution in [1.82, 2.24) is 20.4 Å². The summed E-state index contributed by atoms with van der Waals surface area (Å²) in [7, 11) is 2.20. The number of hydrogen-bond acceptors (Lipinski definition) is 4. The molecule has 0 unspecified atom stereocenters. The molecule has 0 bridgehead atoms. The highest BCUT2D eigenvalue weighted by atomic mass is 127. The number of guanidine groups is 1. The van der Waals surface area contributed by atoms with Crippen molar-refractivity contribution in [2.45, 2.75) is 33.2 Å². The van der Waals surface area contributed by atoms with E-state index in [-0.39, 0.29) is 24.0 Å². The molecule has 6 nitrogen and oxygen atoms in total. The van der Waals surface area contributed by atoms with Crippen LogP contribution in [0.1, 0.15) is 32.3 Å². The minimum atomic E-state index is 0. The monoisotopic (exact) mass is 503 g/mol. The second-order valence-electron chi connectivity index (χ2n) is 7.01. The van der Waals surface area contributed by atoms with E-state index < -0.39 is 0 Å². The summed E-state index contributed by atoms with van der Waals surface area (Å²) in [6.07, 6.45) is 2.38. The molecule has 0 aromatic heterocycles. The van der Waals surface area contributed by atoms with Crippen molar-refractivity contribution < 1.29 is 4.74 Å². The van der Waals surface area contributed by atoms with Crippen LogP contribution >= 0.6 is 24.0 Å². The van der Waals surface area contributed by atoms with E-state index in [1.165, 1.54) is 39.1 Å². The fourth-order valence-electron chi connectivity index (χ4n) is 3.18. The molecule has 1 heterocycles. The van der Waals surface area contributed by atoms with E-state index in [9.17, 15) is 0 Å². The van der Waals surface area contributed by atoms with Gasteiger partial charge >= 0.3 is 0 Å². The molecule has 1 fully saturated rings. The number of para-hydroxylation sites is 1. The van der Waals surface area contributed by atoms with Crippen LogP contribution in [0.5, 0.6) is 5.75 Å². The van der Waals surface area contributed by atoms with Gasteiger partial charge in [0.2, 0.25) is 0 Å². The molecule has 1 aliphatic heterocycles. The van der Waals surface area contributed by atoms with Gasteiger partial charge in [0.05, 0.1) is 13.2 Å². The molecule has 2 N–H and O–H groups in total. The minimum Gasteiger partial charge on any atom is -0.494 e. The lowest BCUT2D eigenvalue weighted by Crippen LogP contribution is -2.44. The predicted octanol–water partition coefficient (Wildman–Crippen LogP) is 2.79. The Balaban J connectivity index is 0.00000392. The third-order valence-electron chi connectivity index (χ3n) is 4.81. The Labute approximate surface area is 188 Å². The molecule has 1 saturated heterocycles. The number of nitrogens with zero attached hydrogens (tertiary/aromatic N) is 3. The number of aliphatic imine (C=N–C) groups is 1. The highest BCUT2D eigenvalue weighted by Gasteiger charge is 2.12. The maximum absolute atomic E-state index is 5.69. The van der Waals surface area contributed by atoms with E-state index in [2.05, 4.69) is 40.5 Å². The van der Waals surface area contributed by atoms with E-state index in [4.69, 9.17) is 9.73 Å². The summed E-state index contributed by atoms with van der Waals surface area (Å²) in [5, 5.41) is 6.79. The molecule has 0 amide bonds. The summed E-state index contributed by atoms with van der Waals surface area (Å²) in [4.78, 5) is 9.70. The number of benzene rings is 1. The molecule has 0 spiro atoms. The van der Waals surface area contributed by atoms with E-state index in [1.54, 1.807) is 0 Å². The summed E-state index contributed by atoms with van der Waals surface area (Å²) < 4.78 is 5.69. The molecule has 7 heteroatoms. The topological polar surface area (TPSA) is 52.1 Å². The SMILES string of the molecule is CCNC(=NCc1ccccc1OCC)NCCCCN1CCN(C)CC1.I. The Morgan fingerprint density at radius 1 is 1.07 bits per heavy atom. The van der Waals surface area contributed by atoms with Gasteiger partial charge in [-0.2, -0.15) is 0 Å². The molecule has 1 aromatic rings. The zero-order valence-electron chi connectivity index (χ0n) is 17.7. The van der Waals surface area contributed by atoms with Crippen molar-refractivity contribution in [2.24, 2.45) is 4.99 Å². The number of unbranched alkanes of at least 4 members (excludes halogenated alkanes) is 1. The molecular formula is C21H38IN5O. The van der Waals surface area contributed by atoms with Gasteiger partial charge in [-0.15, -0.1) is 24.0 Å². The van der Waals surface area contributed by atoms with Gasteiger partial charge in [-0.05, 0) is 46.3 Å². The summed E-state index contributed by atoms with van der Waals surface area (Å²) >= 11 is 0. The van der Waals surface area contributed by atoms with Crippen LogP contribution in [-0.4, -0.2) is 75.2 Å². The Kier molecular flexibility index (Phi) is 13.3. The standard InChI is InChI=1S/C21H37N5O.HI/c1-4-22-21(24-18-19-10-6-7-11-20(19)27-5-2)23-12-8-9-13-26-16-14-25(3)15-17-26;/h6-7,10-11H,4-5,8-9,12-18H2,1-3H3,(H2,22,23,24);1H. The van der Waals surface area contributed by atoms with Gasteiger partial charge in [-0.25, -0.2) is 4.99 Å². The predicted molar refractivity (Wildman–Crippen MR) is 129 cm³/mol. The molecule has 0 atom stereocenters. The van der Waals surface area contributed by atoms with Gasteiger partial charge < -0.3 is 25.2 Å². The summed E-state index contributed by atoms with van der Waals surface area (Å²) in [6, 6.07) is 8.12. The minimum absolute atomic E-state index is 0. The first-order valence-corrected chi connectivity index (χ1v) is 10.4. The van der Waals surface area contributed by atoms with Gasteiger partial charge in [0.1, 0.15) is 5.75 Å². The Bertz CT molecular complexity index is 561. The molecule has 160 valence electrons. The highest BCUT2D eigenvalue weighted by Crippen LogP contribution is 2.18. The third-order valence-corrected chi connectivity index (χ3v) is 4.81. The Morgan fingerprint density at radius 3 is 2.54 bits per heavy atom. The third kappa shape index (κ3) is 9.43. The number of nitrogens with one attached hydrogen (secondary N) is 2. The smallest absolute Gasteiger partial charge is 0.191 e. The van der Waals surface area contributed by atoms with Crippen LogP contribution in [0.15, 0.2) is 29.3 Å². The van der Waals surface area contributed by atoms with Crippen LogP contribution in [0.4, 0.5) is 0 Å². The van der Waals surface area contributed by atoms with Crippen LogP contribution in [-0.2, 0) is 6.54 Å². The summed E-state index contributed by atoms with van der Waals surface area (Å²) in [5.41, 5.74) is 1.12. The van der Waals surface area contributed by atoms with Gasteiger partial charge in [-0.3, -0.25) is 0 Å². The van der Waals surface area contributed by atoms with Crippen molar-refractivity contribution in [2.75, 3.05) is 59.5 Å². The maximum atomic E-state index is 5.69. The first kappa shape index (κ1) is 25.0. The number of hydrogen-bond donors (Lipinski definition) is 2. The molecule has 2 rings (SSSR count). The number of piperazine rings is 1. The fourth-order valence-corrected chi connectivity index (χ4v) is 3.18. The van der Waals surface area contributed by atoms with Gasteiger partial charge in [0, 0.05) is 44.8 Å². The lowest BCUT2D eigenvalue weighted by molar-refractivity contribution is 0.152. The average molecular weight is 503 g/mol. The molecule has 1 aromatic carbocycles. The molecule has 1 aliphatic rings. The second kappa shape index (κ2) is 14.9. The zero-order valence-corrected chi connectivity index (χ0v) is 20.1. The quantitative estimate of drug-likeness (QED) is 0.223. The lowest BCUT2D eigenvalue weighted by atomic mass is 10.2. The van der Waals surface area contributed by atoms with Crippen LogP contribution < -0.4 is 15.4 Å². The number of halogens is 1. The van der Waals surface area contributed by atoms with Crippen molar-refractivity contribution in [3.8, 4) is 5.75 Å². The zero-order chi connectivity index (χ0) is 19.3. The maximum Gasteiger partial charge on any atom is 0.191 e. The lowest BCUT2D eigenvalue weighted by Gasteiger charge is -2.32. The van der Waals surface area contributed by atoms with E-state index in [0.29, 0.717) is 13.2 Å². The number of likely N-dealkylation sites (N-methyl/N-ethyl adjacent to an activating group) is 1. The van der Waals surface area contributed by atoms with E-state index >= 15 is 0 Å². The van der Waals surface area contributed by atoms with Crippen molar-refractivity contribution >= 4 is 29.9 Å². The second-order valence-corrected chi connectivity index (χ2v) is 7.01. The van der Waals surface area contributed by atoms with Crippen molar-refractivity contribution in [3.63, 3.8) is 0 Å². The van der Waals surface area contributed by atoms with E-state index in [1.807, 2.05) is 25.1 Å².